The molecule has 0 saturated carbocycles. The van der Waals surface area contributed by atoms with E-state index in [4.69, 9.17) is 5.26 Å². The van der Waals surface area contributed by atoms with Gasteiger partial charge >= 0.3 is 0 Å². The average molecular weight is 273 g/mol. The first-order valence-electron chi connectivity index (χ1n) is 6.88. The van der Waals surface area contributed by atoms with Crippen molar-refractivity contribution < 1.29 is 9.90 Å². The summed E-state index contributed by atoms with van der Waals surface area (Å²) in [5, 5.41) is 21.1. The fraction of sp³-hybridized carbons (Fsp3) is 0.467. The molecule has 0 aromatic heterocycles. The maximum Gasteiger partial charge on any atom is 0.238 e. The number of nitrogens with zero attached hydrogens (tertiary/aromatic N) is 2. The summed E-state index contributed by atoms with van der Waals surface area (Å²) in [6.07, 6.45) is 3.08. The van der Waals surface area contributed by atoms with Crippen molar-refractivity contribution in [3.8, 4) is 6.07 Å². The average Bonchev–Trinajstić information content (AvgIpc) is 2.48. The number of aliphatic hydroxyl groups is 1. The van der Waals surface area contributed by atoms with E-state index in [0.717, 1.165) is 25.8 Å². The van der Waals surface area contributed by atoms with Gasteiger partial charge in [0.15, 0.2) is 0 Å². The van der Waals surface area contributed by atoms with Gasteiger partial charge in [-0.2, -0.15) is 5.26 Å². The van der Waals surface area contributed by atoms with Crippen LogP contribution in [-0.4, -0.2) is 41.7 Å². The van der Waals surface area contributed by atoms with Crippen LogP contribution in [0.15, 0.2) is 24.3 Å². The topological polar surface area (TPSA) is 76.4 Å². The number of anilines is 1. The zero-order valence-electron chi connectivity index (χ0n) is 11.4. The fourth-order valence-corrected chi connectivity index (χ4v) is 2.54. The molecule has 0 aliphatic carbocycles. The van der Waals surface area contributed by atoms with Crippen LogP contribution >= 0.6 is 0 Å². The van der Waals surface area contributed by atoms with Crippen molar-refractivity contribution >= 4 is 11.6 Å². The molecule has 1 atom stereocenters. The number of hydrogen-bond acceptors (Lipinski definition) is 4. The van der Waals surface area contributed by atoms with Crippen LogP contribution in [0.2, 0.25) is 0 Å². The van der Waals surface area contributed by atoms with E-state index in [9.17, 15) is 9.90 Å². The number of benzene rings is 1. The van der Waals surface area contributed by atoms with Crippen LogP contribution in [0.25, 0.3) is 0 Å². The number of nitriles is 1. The molecule has 2 rings (SSSR count). The standard InChI is InChI=1S/C15H19N3O2/c16-9-12-5-1-2-7-14(12)17-15(20)10-18-8-4-3-6-13(18)11-19/h1-2,5,7,13,19H,3-4,6,8,10-11H2,(H,17,20). The first-order valence-corrected chi connectivity index (χ1v) is 6.88. The Hall–Kier alpha value is -1.90. The summed E-state index contributed by atoms with van der Waals surface area (Å²) in [4.78, 5) is 14.1. The Balaban J connectivity index is 1.97. The van der Waals surface area contributed by atoms with E-state index in [0.29, 0.717) is 11.3 Å². The van der Waals surface area contributed by atoms with Gasteiger partial charge in [0.1, 0.15) is 6.07 Å². The zero-order chi connectivity index (χ0) is 14.4. The highest BCUT2D eigenvalue weighted by molar-refractivity contribution is 5.93. The zero-order valence-corrected chi connectivity index (χ0v) is 11.4. The first-order chi connectivity index (χ1) is 9.74. The highest BCUT2D eigenvalue weighted by Crippen LogP contribution is 2.17. The number of carbonyl (C=O) groups is 1. The number of likely N-dealkylation sites (tertiary alicyclic amines) is 1. The first kappa shape index (κ1) is 14.5. The molecule has 5 nitrogen and oxygen atoms in total. The van der Waals surface area contributed by atoms with Gasteiger partial charge in [-0.05, 0) is 31.5 Å². The monoisotopic (exact) mass is 273 g/mol. The molecule has 0 spiro atoms. The SMILES string of the molecule is N#Cc1ccccc1NC(=O)CN1CCCCC1CO. The number of nitrogens with one attached hydrogen (secondary N) is 1. The van der Waals surface area contributed by atoms with E-state index >= 15 is 0 Å². The minimum Gasteiger partial charge on any atom is -0.395 e. The third-order valence-corrected chi connectivity index (χ3v) is 3.63. The Morgan fingerprint density at radius 2 is 2.25 bits per heavy atom. The minimum atomic E-state index is -0.145. The maximum atomic E-state index is 12.1. The van der Waals surface area contributed by atoms with Gasteiger partial charge in [0, 0.05) is 6.04 Å². The van der Waals surface area contributed by atoms with Crippen molar-refractivity contribution in [2.24, 2.45) is 0 Å². The molecule has 1 aliphatic heterocycles. The van der Waals surface area contributed by atoms with E-state index in [-0.39, 0.29) is 25.1 Å². The number of piperidine rings is 1. The summed E-state index contributed by atoms with van der Waals surface area (Å²) < 4.78 is 0. The van der Waals surface area contributed by atoms with Gasteiger partial charge in [-0.15, -0.1) is 0 Å². The second kappa shape index (κ2) is 7.04. The van der Waals surface area contributed by atoms with Crippen molar-refractivity contribution in [3.63, 3.8) is 0 Å². The molecule has 1 fully saturated rings. The molecule has 1 saturated heterocycles. The lowest BCUT2D eigenvalue weighted by Crippen LogP contribution is -2.45. The van der Waals surface area contributed by atoms with E-state index in [1.54, 1.807) is 24.3 Å². The molecule has 2 N–H and O–H groups in total. The second-order valence-electron chi connectivity index (χ2n) is 5.01. The number of aliphatic hydroxyl groups excluding tert-OH is 1. The van der Waals surface area contributed by atoms with Crippen LogP contribution in [-0.2, 0) is 4.79 Å². The molecule has 0 radical (unpaired) electrons. The lowest BCUT2D eigenvalue weighted by molar-refractivity contribution is -0.118. The molecular weight excluding hydrogens is 254 g/mol. The third-order valence-electron chi connectivity index (χ3n) is 3.63. The molecule has 0 bridgehead atoms. The van der Waals surface area contributed by atoms with Crippen LogP contribution in [0.4, 0.5) is 5.69 Å². The van der Waals surface area contributed by atoms with Crippen molar-refractivity contribution in [3.05, 3.63) is 29.8 Å². The van der Waals surface area contributed by atoms with Gasteiger partial charge < -0.3 is 10.4 Å². The second-order valence-corrected chi connectivity index (χ2v) is 5.01. The largest absolute Gasteiger partial charge is 0.395 e. The van der Waals surface area contributed by atoms with Crippen LogP contribution in [0, 0.1) is 11.3 Å². The van der Waals surface area contributed by atoms with Gasteiger partial charge in [-0.3, -0.25) is 9.69 Å². The predicted octanol–water partition coefficient (Wildman–Crippen LogP) is 1.34. The third kappa shape index (κ3) is 3.56. The molecule has 1 aromatic carbocycles. The Morgan fingerprint density at radius 3 is 3.00 bits per heavy atom. The molecular formula is C15H19N3O2. The predicted molar refractivity (Wildman–Crippen MR) is 76.1 cm³/mol. The Kier molecular flexibility index (Phi) is 5.10. The van der Waals surface area contributed by atoms with E-state index < -0.39 is 0 Å². The summed E-state index contributed by atoms with van der Waals surface area (Å²) in [7, 11) is 0. The van der Waals surface area contributed by atoms with Crippen molar-refractivity contribution in [2.75, 3.05) is 25.0 Å². The number of para-hydroxylation sites is 1. The van der Waals surface area contributed by atoms with Crippen LogP contribution in [0.1, 0.15) is 24.8 Å². The van der Waals surface area contributed by atoms with Gasteiger partial charge in [-0.1, -0.05) is 18.6 Å². The van der Waals surface area contributed by atoms with Gasteiger partial charge in [0.2, 0.25) is 5.91 Å². The maximum absolute atomic E-state index is 12.1. The number of amides is 1. The normalized spacial score (nSPS) is 19.3. The fourth-order valence-electron chi connectivity index (χ4n) is 2.54. The molecule has 20 heavy (non-hydrogen) atoms. The summed E-state index contributed by atoms with van der Waals surface area (Å²) >= 11 is 0. The lowest BCUT2D eigenvalue weighted by Gasteiger charge is -2.33. The molecule has 106 valence electrons. The van der Waals surface area contributed by atoms with Crippen LogP contribution in [0.5, 0.6) is 0 Å². The van der Waals surface area contributed by atoms with E-state index in [1.165, 1.54) is 0 Å². The summed E-state index contributed by atoms with van der Waals surface area (Å²) in [6, 6.07) is 9.07. The Morgan fingerprint density at radius 1 is 1.45 bits per heavy atom. The van der Waals surface area contributed by atoms with Crippen LogP contribution < -0.4 is 5.32 Å². The van der Waals surface area contributed by atoms with Crippen molar-refractivity contribution in [1.82, 2.24) is 4.90 Å². The Labute approximate surface area is 118 Å². The molecule has 1 amide bonds. The smallest absolute Gasteiger partial charge is 0.238 e. The molecule has 5 heteroatoms. The molecule has 1 aliphatic rings. The van der Waals surface area contributed by atoms with Gasteiger partial charge in [-0.25, -0.2) is 0 Å². The Bertz CT molecular complexity index is 510. The highest BCUT2D eigenvalue weighted by Gasteiger charge is 2.23. The lowest BCUT2D eigenvalue weighted by atomic mass is 10.0. The molecule has 1 unspecified atom stereocenters. The van der Waals surface area contributed by atoms with Crippen molar-refractivity contribution in [2.45, 2.75) is 25.3 Å². The highest BCUT2D eigenvalue weighted by atomic mass is 16.3. The quantitative estimate of drug-likeness (QED) is 0.868. The van der Waals surface area contributed by atoms with Crippen molar-refractivity contribution in [1.29, 1.82) is 5.26 Å². The molecule has 1 aromatic rings. The van der Waals surface area contributed by atoms with E-state index in [1.807, 2.05) is 4.90 Å². The van der Waals surface area contributed by atoms with Gasteiger partial charge in [0.25, 0.3) is 0 Å². The van der Waals surface area contributed by atoms with E-state index in [2.05, 4.69) is 11.4 Å². The number of rotatable bonds is 4. The molecule has 1 heterocycles. The number of carbonyl (C=O) groups excluding carboxylic acids is 1. The summed E-state index contributed by atoms with van der Waals surface area (Å²) in [5.41, 5.74) is 0.996. The minimum absolute atomic E-state index is 0.0701. The summed E-state index contributed by atoms with van der Waals surface area (Å²) in [6.45, 7) is 1.17. The van der Waals surface area contributed by atoms with Gasteiger partial charge in [0.05, 0.1) is 24.4 Å². The summed E-state index contributed by atoms with van der Waals surface area (Å²) in [5.74, 6) is -0.145. The van der Waals surface area contributed by atoms with Crippen LogP contribution in [0.3, 0.4) is 0 Å². The number of hydrogen-bond donors (Lipinski definition) is 2.